The minimum absolute atomic E-state index is 0.628. The van der Waals surface area contributed by atoms with Gasteiger partial charge in [0.25, 0.3) is 0 Å². The Labute approximate surface area is 50.9 Å². The van der Waals surface area contributed by atoms with Crippen LogP contribution in [0.4, 0.5) is 0 Å². The molecule has 0 saturated carbocycles. The summed E-state index contributed by atoms with van der Waals surface area (Å²) in [6.45, 7) is 6.14. The Morgan fingerprint density at radius 3 is 2.88 bits per heavy atom. The first kappa shape index (κ1) is 5.61. The lowest BCUT2D eigenvalue weighted by Crippen LogP contribution is -1.97. The summed E-state index contributed by atoms with van der Waals surface area (Å²) in [7, 11) is 0. The van der Waals surface area contributed by atoms with Crippen LogP contribution in [0.3, 0.4) is 0 Å². The summed E-state index contributed by atoms with van der Waals surface area (Å²) in [4.78, 5) is 0. The zero-order valence-electron chi connectivity index (χ0n) is 5.35. The van der Waals surface area contributed by atoms with E-state index in [-0.39, 0.29) is 0 Å². The third-order valence-corrected chi connectivity index (χ3v) is 1.70. The van der Waals surface area contributed by atoms with E-state index in [0.717, 1.165) is 0 Å². The Kier molecular flexibility index (Phi) is 1.52. The zero-order chi connectivity index (χ0) is 5.98. The van der Waals surface area contributed by atoms with Crippen molar-refractivity contribution >= 4 is 0 Å². The molecule has 0 N–H and O–H groups in total. The van der Waals surface area contributed by atoms with Crippen molar-refractivity contribution in [2.24, 2.45) is 5.92 Å². The maximum atomic E-state index is 3.94. The number of hydrogen-bond donors (Lipinski definition) is 0. The molecule has 0 aliphatic heterocycles. The van der Waals surface area contributed by atoms with Gasteiger partial charge in [0, 0.05) is 0 Å². The summed E-state index contributed by atoms with van der Waals surface area (Å²) in [5, 5.41) is 0. The molecule has 1 rings (SSSR count). The maximum absolute atomic E-state index is 3.94. The molecule has 0 bridgehead atoms. The lowest BCUT2D eigenvalue weighted by molar-refractivity contribution is 0.750. The summed E-state index contributed by atoms with van der Waals surface area (Å²) in [5.74, 6) is 0.628. The van der Waals surface area contributed by atoms with Gasteiger partial charge in [0.2, 0.25) is 0 Å². The molecule has 0 fully saturated rings. The molecule has 0 spiro atoms. The van der Waals surface area contributed by atoms with Crippen LogP contribution in [-0.2, 0) is 0 Å². The minimum atomic E-state index is 0.628. The Morgan fingerprint density at radius 2 is 2.50 bits per heavy atom. The molecule has 0 aromatic heterocycles. The molecule has 1 unspecified atom stereocenters. The molecule has 1 aliphatic rings. The molecule has 0 saturated heterocycles. The van der Waals surface area contributed by atoms with Gasteiger partial charge in [-0.3, -0.25) is 0 Å². The Balaban J connectivity index is 2.60. The lowest BCUT2D eigenvalue weighted by atomic mass is 9.93. The fraction of sp³-hybridized carbons (Fsp3) is 0.500. The van der Waals surface area contributed by atoms with Crippen LogP contribution in [-0.4, -0.2) is 0 Å². The van der Waals surface area contributed by atoms with Crippen molar-refractivity contribution in [1.82, 2.24) is 0 Å². The van der Waals surface area contributed by atoms with Gasteiger partial charge in [-0.1, -0.05) is 31.2 Å². The van der Waals surface area contributed by atoms with E-state index >= 15 is 0 Å². The summed E-state index contributed by atoms with van der Waals surface area (Å²) < 4.78 is 0. The molecule has 8 heavy (non-hydrogen) atoms. The SMILES string of the molecule is C=C1CCC=CC1C. The summed E-state index contributed by atoms with van der Waals surface area (Å²) in [6, 6.07) is 0. The van der Waals surface area contributed by atoms with Crippen LogP contribution in [0.25, 0.3) is 0 Å². The third-order valence-electron chi connectivity index (χ3n) is 1.70. The van der Waals surface area contributed by atoms with Crippen LogP contribution >= 0.6 is 0 Å². The van der Waals surface area contributed by atoms with Gasteiger partial charge in [0.15, 0.2) is 0 Å². The molecule has 0 heterocycles. The number of rotatable bonds is 0. The smallest absolute Gasteiger partial charge is 0.00542 e. The van der Waals surface area contributed by atoms with Crippen LogP contribution in [0.1, 0.15) is 19.8 Å². The molecule has 1 atom stereocenters. The highest BCUT2D eigenvalue weighted by atomic mass is 14.1. The average molecular weight is 108 g/mol. The van der Waals surface area contributed by atoms with Crippen molar-refractivity contribution in [3.05, 3.63) is 24.3 Å². The van der Waals surface area contributed by atoms with Gasteiger partial charge >= 0.3 is 0 Å². The van der Waals surface area contributed by atoms with E-state index in [4.69, 9.17) is 0 Å². The second-order valence-electron chi connectivity index (χ2n) is 2.41. The highest BCUT2D eigenvalue weighted by Crippen LogP contribution is 2.20. The van der Waals surface area contributed by atoms with Gasteiger partial charge in [0.05, 0.1) is 0 Å². The van der Waals surface area contributed by atoms with Gasteiger partial charge in [-0.15, -0.1) is 0 Å². The van der Waals surface area contributed by atoms with Gasteiger partial charge in [-0.25, -0.2) is 0 Å². The summed E-state index contributed by atoms with van der Waals surface area (Å²) >= 11 is 0. The highest BCUT2D eigenvalue weighted by molar-refractivity contribution is 5.12. The Bertz CT molecular complexity index is 120. The molecule has 0 aromatic rings. The third kappa shape index (κ3) is 1.00. The van der Waals surface area contributed by atoms with Gasteiger partial charge < -0.3 is 0 Å². The van der Waals surface area contributed by atoms with Crippen molar-refractivity contribution in [2.75, 3.05) is 0 Å². The van der Waals surface area contributed by atoms with Crippen molar-refractivity contribution in [3.63, 3.8) is 0 Å². The van der Waals surface area contributed by atoms with Crippen LogP contribution in [0.2, 0.25) is 0 Å². The van der Waals surface area contributed by atoms with E-state index < -0.39 is 0 Å². The normalized spacial score (nSPS) is 28.6. The van der Waals surface area contributed by atoms with Crippen molar-refractivity contribution in [1.29, 1.82) is 0 Å². The molecule has 44 valence electrons. The molecule has 0 aromatic carbocycles. The second-order valence-corrected chi connectivity index (χ2v) is 2.41. The number of hydrogen-bond acceptors (Lipinski definition) is 0. The fourth-order valence-corrected chi connectivity index (χ4v) is 0.933. The highest BCUT2D eigenvalue weighted by Gasteiger charge is 2.04. The summed E-state index contributed by atoms with van der Waals surface area (Å²) in [5.41, 5.74) is 1.38. The van der Waals surface area contributed by atoms with Gasteiger partial charge in [-0.2, -0.15) is 0 Å². The van der Waals surface area contributed by atoms with E-state index in [1.807, 2.05) is 0 Å². The monoisotopic (exact) mass is 108 g/mol. The first-order valence-corrected chi connectivity index (χ1v) is 3.15. The first-order valence-electron chi connectivity index (χ1n) is 3.15. The maximum Gasteiger partial charge on any atom is -0.00542 e. The van der Waals surface area contributed by atoms with E-state index in [1.54, 1.807) is 0 Å². The standard InChI is InChI=1S/C8H12/c1-7-5-3-4-6-8(7)2/h4,6,8H,1,3,5H2,2H3. The predicted molar refractivity (Wildman–Crippen MR) is 36.7 cm³/mol. The topological polar surface area (TPSA) is 0 Å². The molecule has 0 radical (unpaired) electrons. The van der Waals surface area contributed by atoms with Crippen LogP contribution in [0, 0.1) is 5.92 Å². The van der Waals surface area contributed by atoms with E-state index in [2.05, 4.69) is 25.7 Å². The predicted octanol–water partition coefficient (Wildman–Crippen LogP) is 2.53. The van der Waals surface area contributed by atoms with Crippen molar-refractivity contribution < 1.29 is 0 Å². The molecule has 1 aliphatic carbocycles. The first-order chi connectivity index (χ1) is 3.80. The van der Waals surface area contributed by atoms with Gasteiger partial charge in [-0.05, 0) is 18.8 Å². The zero-order valence-corrected chi connectivity index (χ0v) is 5.35. The van der Waals surface area contributed by atoms with Crippen molar-refractivity contribution in [3.8, 4) is 0 Å². The molecule has 0 heteroatoms. The van der Waals surface area contributed by atoms with Crippen LogP contribution in [0.5, 0.6) is 0 Å². The second kappa shape index (κ2) is 2.17. The molecule has 0 amide bonds. The van der Waals surface area contributed by atoms with E-state index in [9.17, 15) is 0 Å². The van der Waals surface area contributed by atoms with E-state index in [0.29, 0.717) is 5.92 Å². The molecule has 0 nitrogen and oxygen atoms in total. The van der Waals surface area contributed by atoms with Crippen LogP contribution < -0.4 is 0 Å². The average Bonchev–Trinajstić information content (AvgIpc) is 1.77. The largest absolute Gasteiger partial charge is 0.0993 e. The molecular formula is C8H12. The van der Waals surface area contributed by atoms with Crippen LogP contribution in [0.15, 0.2) is 24.3 Å². The minimum Gasteiger partial charge on any atom is -0.0993 e. The number of allylic oxidation sites excluding steroid dienone is 3. The van der Waals surface area contributed by atoms with E-state index in [1.165, 1.54) is 18.4 Å². The quantitative estimate of drug-likeness (QED) is 0.418. The molecular weight excluding hydrogens is 96.1 g/mol. The van der Waals surface area contributed by atoms with Crippen molar-refractivity contribution in [2.45, 2.75) is 19.8 Å². The summed E-state index contributed by atoms with van der Waals surface area (Å²) in [6.07, 6.45) is 6.85. The Hall–Kier alpha value is -0.520. The lowest BCUT2D eigenvalue weighted by Gasteiger charge is -2.13. The van der Waals surface area contributed by atoms with Gasteiger partial charge in [0.1, 0.15) is 0 Å². The fourth-order valence-electron chi connectivity index (χ4n) is 0.933. The Morgan fingerprint density at radius 1 is 1.75 bits per heavy atom.